The topological polar surface area (TPSA) is 75.8 Å². The van der Waals surface area contributed by atoms with E-state index in [2.05, 4.69) is 26.3 Å². The van der Waals surface area contributed by atoms with Gasteiger partial charge in [0, 0.05) is 37.6 Å². The van der Waals surface area contributed by atoms with E-state index >= 15 is 0 Å². The fourth-order valence-electron chi connectivity index (χ4n) is 3.13. The molecule has 1 aliphatic rings. The summed E-state index contributed by atoms with van der Waals surface area (Å²) < 4.78 is 5.22. The van der Waals surface area contributed by atoms with E-state index in [1.54, 1.807) is 7.11 Å². The molecule has 2 heterocycles. The van der Waals surface area contributed by atoms with Crippen molar-refractivity contribution in [3.05, 3.63) is 53.7 Å². The van der Waals surface area contributed by atoms with Crippen molar-refractivity contribution in [2.45, 2.75) is 32.4 Å². The van der Waals surface area contributed by atoms with E-state index in [9.17, 15) is 0 Å². The van der Waals surface area contributed by atoms with Crippen molar-refractivity contribution in [1.82, 2.24) is 4.98 Å². The fraction of sp³-hybridized carbons (Fsp3) is 0.400. The van der Waals surface area contributed by atoms with Gasteiger partial charge in [-0.25, -0.2) is 9.98 Å². The quantitative estimate of drug-likeness (QED) is 0.374. The molecule has 3 rings (SSSR count). The number of piperidine rings is 1. The molecule has 3 N–H and O–H groups in total. The molecule has 0 amide bonds. The van der Waals surface area contributed by atoms with E-state index in [0.717, 1.165) is 35.7 Å². The molecule has 0 bridgehead atoms. The number of nitrogens with two attached hydrogens (primary N) is 1. The van der Waals surface area contributed by atoms with Crippen LogP contribution >= 0.6 is 24.0 Å². The Morgan fingerprint density at radius 1 is 1.22 bits per heavy atom. The van der Waals surface area contributed by atoms with Gasteiger partial charge >= 0.3 is 0 Å². The predicted octanol–water partition coefficient (Wildman–Crippen LogP) is 3.76. The fourth-order valence-corrected chi connectivity index (χ4v) is 3.13. The third kappa shape index (κ3) is 6.35. The Labute approximate surface area is 178 Å². The molecular weight excluding hydrogens is 453 g/mol. The SMILES string of the molecule is COCc1ccccc1NC(N)=NCc1ccnc(N2CCCCC2)c1.I. The molecule has 0 saturated carbocycles. The molecule has 1 aromatic carbocycles. The molecule has 6 nitrogen and oxygen atoms in total. The van der Waals surface area contributed by atoms with Crippen LogP contribution in [0, 0.1) is 0 Å². The maximum Gasteiger partial charge on any atom is 0.193 e. The van der Waals surface area contributed by atoms with Crippen LogP contribution in [0.5, 0.6) is 0 Å². The number of guanidine groups is 1. The zero-order valence-electron chi connectivity index (χ0n) is 15.7. The molecule has 2 aromatic rings. The zero-order chi connectivity index (χ0) is 18.2. The average Bonchev–Trinajstić information content (AvgIpc) is 2.69. The summed E-state index contributed by atoms with van der Waals surface area (Å²) in [6.07, 6.45) is 5.64. The number of pyridine rings is 1. The van der Waals surface area contributed by atoms with Crippen LogP contribution in [0.25, 0.3) is 0 Å². The van der Waals surface area contributed by atoms with Gasteiger partial charge in [0.25, 0.3) is 0 Å². The average molecular weight is 481 g/mol. The van der Waals surface area contributed by atoms with Crippen molar-refractivity contribution in [1.29, 1.82) is 0 Å². The molecule has 27 heavy (non-hydrogen) atoms. The van der Waals surface area contributed by atoms with Gasteiger partial charge in [-0.15, -0.1) is 24.0 Å². The first-order valence-electron chi connectivity index (χ1n) is 9.10. The molecule has 1 fully saturated rings. The normalized spacial score (nSPS) is 14.6. The van der Waals surface area contributed by atoms with E-state index in [1.165, 1.54) is 19.3 Å². The van der Waals surface area contributed by atoms with Crippen LogP contribution in [0.1, 0.15) is 30.4 Å². The molecule has 1 aliphatic heterocycles. The number of hydrogen-bond donors (Lipinski definition) is 2. The van der Waals surface area contributed by atoms with Crippen LogP contribution in [0.4, 0.5) is 11.5 Å². The van der Waals surface area contributed by atoms with E-state index in [1.807, 2.05) is 36.5 Å². The van der Waals surface area contributed by atoms with Gasteiger partial charge in [0.1, 0.15) is 5.82 Å². The van der Waals surface area contributed by atoms with Crippen LogP contribution in [0.3, 0.4) is 0 Å². The Morgan fingerprint density at radius 3 is 2.78 bits per heavy atom. The second kappa shape index (κ2) is 11.1. The summed E-state index contributed by atoms with van der Waals surface area (Å²) in [6.45, 7) is 3.22. The van der Waals surface area contributed by atoms with Crippen molar-refractivity contribution in [2.75, 3.05) is 30.4 Å². The third-order valence-corrected chi connectivity index (χ3v) is 4.50. The largest absolute Gasteiger partial charge is 0.380 e. The van der Waals surface area contributed by atoms with Crippen LogP contribution in [-0.4, -0.2) is 31.1 Å². The lowest BCUT2D eigenvalue weighted by atomic mass is 10.1. The van der Waals surface area contributed by atoms with Gasteiger partial charge in [-0.3, -0.25) is 0 Å². The summed E-state index contributed by atoms with van der Waals surface area (Å²) in [5, 5.41) is 3.17. The molecular formula is C20H28IN5O. The Bertz CT molecular complexity index is 747. The lowest BCUT2D eigenvalue weighted by Gasteiger charge is -2.27. The van der Waals surface area contributed by atoms with Crippen molar-refractivity contribution in [2.24, 2.45) is 10.7 Å². The number of hydrogen-bond acceptors (Lipinski definition) is 4. The van der Waals surface area contributed by atoms with Gasteiger partial charge in [-0.2, -0.15) is 0 Å². The summed E-state index contributed by atoms with van der Waals surface area (Å²) in [5.41, 5.74) is 9.14. The molecule has 0 aliphatic carbocycles. The monoisotopic (exact) mass is 481 g/mol. The number of halogens is 1. The number of anilines is 2. The van der Waals surface area contributed by atoms with Crippen LogP contribution in [-0.2, 0) is 17.9 Å². The number of rotatable bonds is 6. The van der Waals surface area contributed by atoms with E-state index in [0.29, 0.717) is 19.1 Å². The van der Waals surface area contributed by atoms with Crippen molar-refractivity contribution >= 4 is 41.4 Å². The summed E-state index contributed by atoms with van der Waals surface area (Å²) in [6, 6.07) is 12.0. The van der Waals surface area contributed by atoms with Gasteiger partial charge < -0.3 is 20.7 Å². The summed E-state index contributed by atoms with van der Waals surface area (Å²) in [5.74, 6) is 1.43. The minimum atomic E-state index is 0. The summed E-state index contributed by atoms with van der Waals surface area (Å²) in [7, 11) is 1.68. The number of para-hydroxylation sites is 1. The van der Waals surface area contributed by atoms with Gasteiger partial charge in [0.15, 0.2) is 5.96 Å². The maximum absolute atomic E-state index is 6.07. The Balaban J connectivity index is 0.00000261. The lowest BCUT2D eigenvalue weighted by molar-refractivity contribution is 0.185. The molecule has 146 valence electrons. The Morgan fingerprint density at radius 2 is 2.00 bits per heavy atom. The number of aliphatic imine (C=N–C) groups is 1. The van der Waals surface area contributed by atoms with Crippen molar-refractivity contribution in [3.63, 3.8) is 0 Å². The van der Waals surface area contributed by atoms with Crippen LogP contribution in [0.2, 0.25) is 0 Å². The smallest absolute Gasteiger partial charge is 0.193 e. The highest BCUT2D eigenvalue weighted by molar-refractivity contribution is 14.0. The first kappa shape index (κ1) is 21.4. The molecule has 1 saturated heterocycles. The maximum atomic E-state index is 6.07. The number of methoxy groups -OCH3 is 1. The van der Waals surface area contributed by atoms with Gasteiger partial charge in [-0.05, 0) is 43.0 Å². The van der Waals surface area contributed by atoms with E-state index in [4.69, 9.17) is 10.5 Å². The summed E-state index contributed by atoms with van der Waals surface area (Å²) in [4.78, 5) is 11.3. The first-order valence-corrected chi connectivity index (χ1v) is 9.10. The molecule has 0 spiro atoms. The Hall–Kier alpha value is -1.87. The number of aromatic nitrogens is 1. The van der Waals surface area contributed by atoms with Gasteiger partial charge in [0.2, 0.25) is 0 Å². The summed E-state index contributed by atoms with van der Waals surface area (Å²) >= 11 is 0. The molecule has 0 atom stereocenters. The minimum Gasteiger partial charge on any atom is -0.380 e. The highest BCUT2D eigenvalue weighted by Gasteiger charge is 2.12. The first-order chi connectivity index (χ1) is 12.8. The number of nitrogens with zero attached hydrogens (tertiary/aromatic N) is 3. The van der Waals surface area contributed by atoms with Crippen molar-refractivity contribution in [3.8, 4) is 0 Å². The van der Waals surface area contributed by atoms with E-state index in [-0.39, 0.29) is 24.0 Å². The van der Waals surface area contributed by atoms with E-state index < -0.39 is 0 Å². The number of nitrogens with one attached hydrogen (secondary N) is 1. The predicted molar refractivity (Wildman–Crippen MR) is 122 cm³/mol. The Kier molecular flexibility index (Phi) is 8.80. The second-order valence-corrected chi connectivity index (χ2v) is 6.49. The number of benzene rings is 1. The van der Waals surface area contributed by atoms with Crippen molar-refractivity contribution < 1.29 is 4.74 Å². The molecule has 1 aromatic heterocycles. The van der Waals surface area contributed by atoms with Crippen LogP contribution < -0.4 is 16.0 Å². The zero-order valence-corrected chi connectivity index (χ0v) is 18.1. The molecule has 0 radical (unpaired) electrons. The molecule has 7 heteroatoms. The lowest BCUT2D eigenvalue weighted by Crippen LogP contribution is -2.30. The third-order valence-electron chi connectivity index (χ3n) is 4.50. The van der Waals surface area contributed by atoms with Gasteiger partial charge in [-0.1, -0.05) is 18.2 Å². The number of ether oxygens (including phenoxy) is 1. The highest BCUT2D eigenvalue weighted by Crippen LogP contribution is 2.19. The molecule has 0 unspecified atom stereocenters. The van der Waals surface area contributed by atoms with Crippen LogP contribution in [0.15, 0.2) is 47.6 Å². The van der Waals surface area contributed by atoms with Gasteiger partial charge in [0.05, 0.1) is 13.2 Å². The highest BCUT2D eigenvalue weighted by atomic mass is 127. The minimum absolute atomic E-state index is 0. The second-order valence-electron chi connectivity index (χ2n) is 6.49. The standard InChI is InChI=1S/C20H27N5O.HI/c1-26-15-17-7-3-4-8-18(17)24-20(21)23-14-16-9-10-22-19(13-16)25-11-5-2-6-12-25;/h3-4,7-10,13H,2,5-6,11-12,14-15H2,1H3,(H3,21,23,24);1H.